The van der Waals surface area contributed by atoms with Crippen LogP contribution in [0.4, 0.5) is 4.79 Å². The highest BCUT2D eigenvalue weighted by atomic mass is 35.5. The Balaban J connectivity index is 1.31. The SMILES string of the molecule is CCc1nc2c(C)cc(-c3nc4n(c3Cl)CCCC4)cc2n1Cc1ccc(-c2ccccc2OC(=O)OC(C)(C)C)cc1. The summed E-state index contributed by atoms with van der Waals surface area (Å²) in [4.78, 5) is 22.3. The van der Waals surface area contributed by atoms with Crippen LogP contribution in [0.5, 0.6) is 5.75 Å². The zero-order chi connectivity index (χ0) is 30.3. The predicted octanol–water partition coefficient (Wildman–Crippen LogP) is 8.79. The molecule has 0 radical (unpaired) electrons. The number of fused-ring (bicyclic) bond motifs is 2. The van der Waals surface area contributed by atoms with Gasteiger partial charge in [0.25, 0.3) is 0 Å². The normalized spacial score (nSPS) is 13.3. The molecule has 222 valence electrons. The molecule has 5 aromatic rings. The van der Waals surface area contributed by atoms with Gasteiger partial charge in [0, 0.05) is 37.1 Å². The van der Waals surface area contributed by atoms with Crippen molar-refractivity contribution in [1.29, 1.82) is 0 Å². The lowest BCUT2D eigenvalue weighted by molar-refractivity contribution is 0.0207. The molecule has 0 atom stereocenters. The lowest BCUT2D eigenvalue weighted by Gasteiger charge is -2.19. The molecule has 7 nitrogen and oxygen atoms in total. The average molecular weight is 597 g/mol. The fourth-order valence-corrected chi connectivity index (χ4v) is 6.12. The lowest BCUT2D eigenvalue weighted by atomic mass is 10.0. The van der Waals surface area contributed by atoms with Crippen LogP contribution >= 0.6 is 11.6 Å². The summed E-state index contributed by atoms with van der Waals surface area (Å²) in [6, 6.07) is 20.2. The van der Waals surface area contributed by atoms with E-state index in [-0.39, 0.29) is 0 Å². The van der Waals surface area contributed by atoms with Crippen molar-refractivity contribution in [3.63, 3.8) is 0 Å². The van der Waals surface area contributed by atoms with E-state index in [4.69, 9.17) is 31.0 Å². The number of carbonyl (C=O) groups is 1. The van der Waals surface area contributed by atoms with Crippen molar-refractivity contribution in [2.45, 2.75) is 79.0 Å². The molecule has 0 fully saturated rings. The molecule has 8 heteroatoms. The van der Waals surface area contributed by atoms with Gasteiger partial charge in [0.05, 0.1) is 11.0 Å². The molecule has 43 heavy (non-hydrogen) atoms. The molecule has 0 saturated heterocycles. The molecule has 0 bridgehead atoms. The van der Waals surface area contributed by atoms with Gasteiger partial charge in [0.2, 0.25) is 0 Å². The van der Waals surface area contributed by atoms with E-state index in [2.05, 4.69) is 59.4 Å². The summed E-state index contributed by atoms with van der Waals surface area (Å²) in [5.74, 6) is 2.57. The Morgan fingerprint density at radius 3 is 2.49 bits per heavy atom. The van der Waals surface area contributed by atoms with Gasteiger partial charge in [-0.15, -0.1) is 0 Å². The maximum Gasteiger partial charge on any atom is 0.514 e. The van der Waals surface area contributed by atoms with Crippen LogP contribution in [-0.4, -0.2) is 30.9 Å². The van der Waals surface area contributed by atoms with Crippen molar-refractivity contribution < 1.29 is 14.3 Å². The second-order valence-electron chi connectivity index (χ2n) is 12.2. The number of ether oxygens (including phenoxy) is 2. The largest absolute Gasteiger partial charge is 0.514 e. The number of imidazole rings is 2. The summed E-state index contributed by atoms with van der Waals surface area (Å²) >= 11 is 6.86. The molecule has 1 aliphatic rings. The van der Waals surface area contributed by atoms with Gasteiger partial charge in [0.15, 0.2) is 0 Å². The molecule has 2 aromatic heterocycles. The molecule has 3 aromatic carbocycles. The highest BCUT2D eigenvalue weighted by Crippen LogP contribution is 2.35. The van der Waals surface area contributed by atoms with E-state index >= 15 is 0 Å². The molecule has 1 aliphatic heterocycles. The number of halogens is 1. The molecule has 6 rings (SSSR count). The first-order chi connectivity index (χ1) is 20.6. The molecule has 0 N–H and O–H groups in total. The molecule has 0 spiro atoms. The third-order valence-corrected chi connectivity index (χ3v) is 8.19. The van der Waals surface area contributed by atoms with Gasteiger partial charge in [-0.1, -0.05) is 61.0 Å². The Hall–Kier alpha value is -4.10. The summed E-state index contributed by atoms with van der Waals surface area (Å²) in [5, 5.41) is 0.724. The number of benzene rings is 3. The number of aromatic nitrogens is 4. The first-order valence-electron chi connectivity index (χ1n) is 15.0. The molecule has 0 saturated carbocycles. The van der Waals surface area contributed by atoms with E-state index in [1.807, 2.05) is 39.0 Å². The van der Waals surface area contributed by atoms with Crippen LogP contribution in [0.2, 0.25) is 5.15 Å². The third-order valence-electron chi connectivity index (χ3n) is 7.81. The predicted molar refractivity (Wildman–Crippen MR) is 171 cm³/mol. The van der Waals surface area contributed by atoms with Gasteiger partial charge >= 0.3 is 6.16 Å². The van der Waals surface area contributed by atoms with E-state index in [9.17, 15) is 4.79 Å². The average Bonchev–Trinajstić information content (AvgIpc) is 3.50. The molecular formula is C35H37ClN4O3. The molecule has 0 amide bonds. The fraction of sp³-hybridized carbons (Fsp3) is 0.343. The van der Waals surface area contributed by atoms with Crippen molar-refractivity contribution in [2.24, 2.45) is 0 Å². The van der Waals surface area contributed by atoms with Crippen LogP contribution in [0.3, 0.4) is 0 Å². The summed E-state index contributed by atoms with van der Waals surface area (Å²) in [6.07, 6.45) is 3.35. The quantitative estimate of drug-likeness (QED) is 0.145. The fourth-order valence-electron chi connectivity index (χ4n) is 5.78. The Morgan fingerprint density at radius 2 is 1.77 bits per heavy atom. The molecule has 0 aliphatic carbocycles. The van der Waals surface area contributed by atoms with Crippen LogP contribution in [0.1, 0.15) is 63.3 Å². The van der Waals surface area contributed by atoms with E-state index < -0.39 is 11.8 Å². The summed E-state index contributed by atoms with van der Waals surface area (Å²) < 4.78 is 15.4. The highest BCUT2D eigenvalue weighted by molar-refractivity contribution is 6.32. The van der Waals surface area contributed by atoms with Crippen molar-refractivity contribution in [3.8, 4) is 28.1 Å². The van der Waals surface area contributed by atoms with Crippen molar-refractivity contribution in [2.75, 3.05) is 0 Å². The number of hydrogen-bond acceptors (Lipinski definition) is 5. The minimum Gasteiger partial charge on any atom is -0.428 e. The van der Waals surface area contributed by atoms with Crippen LogP contribution < -0.4 is 4.74 Å². The van der Waals surface area contributed by atoms with E-state index in [0.29, 0.717) is 12.3 Å². The first kappa shape index (κ1) is 29.0. The Labute approximate surface area is 257 Å². The topological polar surface area (TPSA) is 71.2 Å². The minimum atomic E-state index is -0.720. The van der Waals surface area contributed by atoms with Crippen molar-refractivity contribution in [1.82, 2.24) is 19.1 Å². The van der Waals surface area contributed by atoms with Gasteiger partial charge in [0.1, 0.15) is 33.8 Å². The Bertz CT molecular complexity index is 1810. The van der Waals surface area contributed by atoms with Crippen molar-refractivity contribution in [3.05, 3.63) is 88.6 Å². The van der Waals surface area contributed by atoms with Crippen molar-refractivity contribution >= 4 is 28.8 Å². The number of rotatable bonds is 6. The molecular weight excluding hydrogens is 560 g/mol. The minimum absolute atomic E-state index is 0.459. The second kappa shape index (κ2) is 11.5. The monoisotopic (exact) mass is 596 g/mol. The summed E-state index contributed by atoms with van der Waals surface area (Å²) in [6.45, 7) is 11.3. The highest BCUT2D eigenvalue weighted by Gasteiger charge is 2.22. The number of carbonyl (C=O) groups excluding carboxylic acids is 1. The summed E-state index contributed by atoms with van der Waals surface area (Å²) in [7, 11) is 0. The third kappa shape index (κ3) is 5.91. The van der Waals surface area contributed by atoms with Gasteiger partial charge in [-0.25, -0.2) is 14.8 Å². The van der Waals surface area contributed by atoms with E-state index in [1.165, 1.54) is 0 Å². The van der Waals surface area contributed by atoms with Crippen LogP contribution in [-0.2, 0) is 30.7 Å². The summed E-state index contributed by atoms with van der Waals surface area (Å²) in [5.41, 5.74) is 7.35. The van der Waals surface area contributed by atoms with Crippen LogP contribution in [0.25, 0.3) is 33.4 Å². The van der Waals surface area contributed by atoms with Gasteiger partial charge in [-0.05, 0) is 75.4 Å². The maximum absolute atomic E-state index is 12.4. The standard InChI is InChI=1S/C35H37ClN4O3/c1-6-29-37-31-22(2)19-25(32-33(36)39-18-10-9-13-30(39)38-32)20-27(31)40(29)21-23-14-16-24(17-15-23)26-11-7-8-12-28(26)42-34(41)43-35(3,4)5/h7-8,11-12,14-17,19-20H,6,9-10,13,18,21H2,1-5H3. The van der Waals surface area contributed by atoms with Gasteiger partial charge in [-0.2, -0.15) is 0 Å². The van der Waals surface area contributed by atoms with Gasteiger partial charge in [-0.3, -0.25) is 0 Å². The first-order valence-corrected chi connectivity index (χ1v) is 15.3. The Kier molecular flexibility index (Phi) is 7.77. The number of aryl methyl sites for hydroxylation is 3. The lowest BCUT2D eigenvalue weighted by Crippen LogP contribution is -2.26. The second-order valence-corrected chi connectivity index (χ2v) is 12.5. The zero-order valence-electron chi connectivity index (χ0n) is 25.4. The molecule has 3 heterocycles. The Morgan fingerprint density at radius 1 is 1.00 bits per heavy atom. The van der Waals surface area contributed by atoms with E-state index in [1.54, 1.807) is 6.07 Å². The number of nitrogens with zero attached hydrogens (tertiary/aromatic N) is 4. The number of para-hydroxylation sites is 1. The number of hydrogen-bond donors (Lipinski definition) is 0. The van der Waals surface area contributed by atoms with Gasteiger partial charge < -0.3 is 18.6 Å². The molecule has 0 unspecified atom stereocenters. The smallest absolute Gasteiger partial charge is 0.428 e. The zero-order valence-corrected chi connectivity index (χ0v) is 26.2. The maximum atomic E-state index is 12.4. The van der Waals surface area contributed by atoms with E-state index in [0.717, 1.165) is 93.6 Å². The van der Waals surface area contributed by atoms with Crippen LogP contribution in [0, 0.1) is 6.92 Å². The van der Waals surface area contributed by atoms with Crippen LogP contribution in [0.15, 0.2) is 60.7 Å².